The van der Waals surface area contributed by atoms with Gasteiger partial charge in [-0.25, -0.2) is 19.6 Å². The summed E-state index contributed by atoms with van der Waals surface area (Å²) < 4.78 is 7.54. The van der Waals surface area contributed by atoms with E-state index in [-0.39, 0.29) is 35.8 Å². The molecule has 0 aliphatic rings. The Balaban J connectivity index is 2.76. The summed E-state index contributed by atoms with van der Waals surface area (Å²) in [5.41, 5.74) is 4.71. The fourth-order valence-corrected chi connectivity index (χ4v) is 2.74. The van der Waals surface area contributed by atoms with Crippen LogP contribution in [0.1, 0.15) is 57.9 Å². The summed E-state index contributed by atoms with van der Waals surface area (Å²) in [5, 5.41) is 0. The van der Waals surface area contributed by atoms with E-state index in [0.29, 0.717) is 24.8 Å². The molecule has 0 bridgehead atoms. The first-order valence-corrected chi connectivity index (χ1v) is 9.65. The second kappa shape index (κ2) is 8.99. The fourth-order valence-electron chi connectivity index (χ4n) is 2.74. The number of nitrogen functional groups attached to an aromatic ring is 1. The van der Waals surface area contributed by atoms with Gasteiger partial charge < -0.3 is 10.5 Å². The van der Waals surface area contributed by atoms with Crippen LogP contribution in [0.5, 0.6) is 0 Å². The summed E-state index contributed by atoms with van der Waals surface area (Å²) in [6.45, 7) is 10.6. The normalized spacial score (nSPS) is 11.5. The fraction of sp³-hybridized carbons (Fsp3) is 0.632. The molecule has 0 amide bonds. The van der Waals surface area contributed by atoms with Crippen LogP contribution in [0.3, 0.4) is 0 Å². The maximum atomic E-state index is 13.0. The number of esters is 1. The third-order valence-electron chi connectivity index (χ3n) is 4.40. The zero-order valence-corrected chi connectivity index (χ0v) is 17.2. The number of carbonyl (C=O) groups excluding carboxylic acids is 1. The SMILES string of the molecule is CCOC(=O)c1nc2c(=O)n(CCC(C)C)c(=O)n(CCC(C)C)c2nc1N. The number of rotatable bonds is 8. The van der Waals surface area contributed by atoms with Gasteiger partial charge in [0, 0.05) is 13.1 Å². The lowest BCUT2D eigenvalue weighted by molar-refractivity contribution is 0.0521. The van der Waals surface area contributed by atoms with E-state index in [1.54, 1.807) is 6.92 Å². The molecule has 0 radical (unpaired) electrons. The van der Waals surface area contributed by atoms with E-state index in [0.717, 1.165) is 6.42 Å². The molecule has 2 aromatic heterocycles. The average molecular weight is 391 g/mol. The smallest absolute Gasteiger partial charge is 0.360 e. The average Bonchev–Trinajstić information content (AvgIpc) is 2.60. The van der Waals surface area contributed by atoms with Crippen LogP contribution < -0.4 is 17.0 Å². The Morgan fingerprint density at radius 2 is 1.61 bits per heavy atom. The third-order valence-corrected chi connectivity index (χ3v) is 4.40. The van der Waals surface area contributed by atoms with Crippen molar-refractivity contribution in [3.05, 3.63) is 26.5 Å². The topological polar surface area (TPSA) is 122 Å². The molecule has 28 heavy (non-hydrogen) atoms. The van der Waals surface area contributed by atoms with Crippen LogP contribution in [0.15, 0.2) is 9.59 Å². The first-order valence-electron chi connectivity index (χ1n) is 9.65. The second-order valence-electron chi connectivity index (χ2n) is 7.61. The van der Waals surface area contributed by atoms with Gasteiger partial charge in [-0.05, 0) is 31.6 Å². The molecule has 2 heterocycles. The predicted octanol–water partition coefficient (Wildman–Crippen LogP) is 1.80. The quantitative estimate of drug-likeness (QED) is 0.681. The van der Waals surface area contributed by atoms with E-state index in [9.17, 15) is 14.4 Å². The second-order valence-corrected chi connectivity index (χ2v) is 7.61. The van der Waals surface area contributed by atoms with Gasteiger partial charge in [-0.15, -0.1) is 0 Å². The molecule has 154 valence electrons. The maximum absolute atomic E-state index is 13.0. The number of ether oxygens (including phenoxy) is 1. The lowest BCUT2D eigenvalue weighted by Gasteiger charge is -2.15. The van der Waals surface area contributed by atoms with Crippen molar-refractivity contribution >= 4 is 23.0 Å². The molecule has 2 rings (SSSR count). The van der Waals surface area contributed by atoms with Gasteiger partial charge in [0.1, 0.15) is 0 Å². The standard InChI is InChI=1S/C19H29N5O4/c1-6-28-18(26)13-15(20)22-16-14(21-13)17(25)24(10-8-12(4)5)19(27)23(16)9-7-11(2)3/h11-12H,6-10H2,1-5H3,(H2,20,22). The van der Waals surface area contributed by atoms with E-state index >= 15 is 0 Å². The van der Waals surface area contributed by atoms with Crippen molar-refractivity contribution in [2.24, 2.45) is 11.8 Å². The molecule has 2 aromatic rings. The lowest BCUT2D eigenvalue weighted by Crippen LogP contribution is -2.41. The first kappa shape index (κ1) is 21.6. The largest absolute Gasteiger partial charge is 0.461 e. The van der Waals surface area contributed by atoms with Gasteiger partial charge >= 0.3 is 11.7 Å². The minimum atomic E-state index is -0.748. The number of hydrogen-bond donors (Lipinski definition) is 1. The highest BCUT2D eigenvalue weighted by atomic mass is 16.5. The van der Waals surface area contributed by atoms with Gasteiger partial charge in [-0.1, -0.05) is 27.7 Å². The van der Waals surface area contributed by atoms with Crippen molar-refractivity contribution in [2.45, 2.75) is 60.5 Å². The highest BCUT2D eigenvalue weighted by molar-refractivity contribution is 5.94. The van der Waals surface area contributed by atoms with Gasteiger partial charge in [-0.3, -0.25) is 13.9 Å². The molecule has 9 heteroatoms. The highest BCUT2D eigenvalue weighted by Crippen LogP contribution is 2.14. The maximum Gasteiger partial charge on any atom is 0.360 e. The molecule has 0 unspecified atom stereocenters. The van der Waals surface area contributed by atoms with Crippen LogP contribution in [-0.4, -0.2) is 31.7 Å². The van der Waals surface area contributed by atoms with Crippen LogP contribution in [0.25, 0.3) is 11.2 Å². The zero-order chi connectivity index (χ0) is 21.0. The summed E-state index contributed by atoms with van der Waals surface area (Å²) >= 11 is 0. The first-order chi connectivity index (χ1) is 13.2. The van der Waals surface area contributed by atoms with E-state index in [1.807, 2.05) is 27.7 Å². The molecule has 0 saturated heterocycles. The van der Waals surface area contributed by atoms with E-state index in [1.165, 1.54) is 9.13 Å². The number of anilines is 1. The Hall–Kier alpha value is -2.71. The number of nitrogens with zero attached hydrogens (tertiary/aromatic N) is 4. The Labute approximate surface area is 163 Å². The Kier molecular flexibility index (Phi) is 6.93. The number of nitrogens with two attached hydrogens (primary N) is 1. The van der Waals surface area contributed by atoms with Crippen molar-refractivity contribution in [2.75, 3.05) is 12.3 Å². The molecule has 2 N–H and O–H groups in total. The van der Waals surface area contributed by atoms with Gasteiger partial charge in [0.2, 0.25) is 0 Å². The summed E-state index contributed by atoms with van der Waals surface area (Å²) in [4.78, 5) is 46.4. The van der Waals surface area contributed by atoms with E-state index in [2.05, 4.69) is 9.97 Å². The van der Waals surface area contributed by atoms with Crippen molar-refractivity contribution in [3.8, 4) is 0 Å². The molecular formula is C19H29N5O4. The van der Waals surface area contributed by atoms with Crippen molar-refractivity contribution in [1.29, 1.82) is 0 Å². The van der Waals surface area contributed by atoms with Crippen LogP contribution in [0.2, 0.25) is 0 Å². The summed E-state index contributed by atoms with van der Waals surface area (Å²) in [6.07, 6.45) is 1.39. The van der Waals surface area contributed by atoms with E-state index in [4.69, 9.17) is 10.5 Å². The molecule has 0 spiro atoms. The number of aryl methyl sites for hydroxylation is 1. The van der Waals surface area contributed by atoms with Gasteiger partial charge in [-0.2, -0.15) is 0 Å². The molecule has 0 aliphatic heterocycles. The minimum absolute atomic E-state index is 0.0515. The molecule has 9 nitrogen and oxygen atoms in total. The molecule has 0 fully saturated rings. The summed E-state index contributed by atoms with van der Waals surface area (Å²) in [6, 6.07) is 0. The van der Waals surface area contributed by atoms with Crippen molar-refractivity contribution < 1.29 is 9.53 Å². The lowest BCUT2D eigenvalue weighted by atomic mass is 10.1. The Bertz CT molecular complexity index is 975. The molecule has 0 atom stereocenters. The third kappa shape index (κ3) is 4.58. The molecule has 0 aliphatic carbocycles. The Morgan fingerprint density at radius 1 is 1.04 bits per heavy atom. The number of fused-ring (bicyclic) bond motifs is 1. The number of aromatic nitrogens is 4. The Morgan fingerprint density at radius 3 is 2.14 bits per heavy atom. The van der Waals surface area contributed by atoms with Crippen molar-refractivity contribution in [3.63, 3.8) is 0 Å². The highest BCUT2D eigenvalue weighted by Gasteiger charge is 2.22. The molecule has 0 aromatic carbocycles. The van der Waals surface area contributed by atoms with Gasteiger partial charge in [0.05, 0.1) is 6.61 Å². The van der Waals surface area contributed by atoms with E-state index < -0.39 is 17.2 Å². The van der Waals surface area contributed by atoms with Crippen LogP contribution in [-0.2, 0) is 17.8 Å². The minimum Gasteiger partial charge on any atom is -0.461 e. The van der Waals surface area contributed by atoms with Crippen LogP contribution in [0.4, 0.5) is 5.82 Å². The number of carbonyl (C=O) groups is 1. The summed E-state index contributed by atoms with van der Waals surface area (Å²) in [7, 11) is 0. The monoisotopic (exact) mass is 391 g/mol. The summed E-state index contributed by atoms with van der Waals surface area (Å²) in [5.74, 6) is -0.244. The van der Waals surface area contributed by atoms with Crippen LogP contribution >= 0.6 is 0 Å². The van der Waals surface area contributed by atoms with Crippen LogP contribution in [0, 0.1) is 11.8 Å². The number of hydrogen-bond acceptors (Lipinski definition) is 7. The van der Waals surface area contributed by atoms with Crippen molar-refractivity contribution in [1.82, 2.24) is 19.1 Å². The van der Waals surface area contributed by atoms with Gasteiger partial charge in [0.25, 0.3) is 5.56 Å². The predicted molar refractivity (Wildman–Crippen MR) is 107 cm³/mol. The molecular weight excluding hydrogens is 362 g/mol. The molecule has 0 saturated carbocycles. The zero-order valence-electron chi connectivity index (χ0n) is 17.2. The van der Waals surface area contributed by atoms with Gasteiger partial charge in [0.15, 0.2) is 22.7 Å².